The van der Waals surface area contributed by atoms with Crippen LogP contribution in [-0.2, 0) is 29.4 Å². The Balaban J connectivity index is 1.11. The van der Waals surface area contributed by atoms with Gasteiger partial charge in [0.2, 0.25) is 0 Å². The molecule has 5 fully saturated rings. The summed E-state index contributed by atoms with van der Waals surface area (Å²) in [5.74, 6) is 0. The zero-order chi connectivity index (χ0) is 25.1. The summed E-state index contributed by atoms with van der Waals surface area (Å²) < 4.78 is 24.9. The molecular weight excluding hydrogens is 434 g/mol. The maximum atomic E-state index is 6.23. The van der Waals surface area contributed by atoms with E-state index in [-0.39, 0.29) is 36.6 Å². The Labute approximate surface area is 211 Å². The fourth-order valence-corrected chi connectivity index (χ4v) is 6.35. The highest BCUT2D eigenvalue weighted by molar-refractivity contribution is 6.62. The molecular formula is C29H38B2O4. The molecule has 7 rings (SSSR count). The number of rotatable bonds is 4. The van der Waals surface area contributed by atoms with Gasteiger partial charge in [0.25, 0.3) is 0 Å². The molecule has 0 N–H and O–H groups in total. The molecule has 2 heterocycles. The first-order chi connectivity index (χ1) is 16.2. The van der Waals surface area contributed by atoms with E-state index in [1.807, 2.05) is 0 Å². The summed E-state index contributed by atoms with van der Waals surface area (Å²) >= 11 is 0. The molecule has 2 bridgehead atoms. The van der Waals surface area contributed by atoms with Gasteiger partial charge in [0.1, 0.15) is 0 Å². The smallest absolute Gasteiger partial charge is 0.399 e. The van der Waals surface area contributed by atoms with Crippen LogP contribution < -0.4 is 10.9 Å². The largest absolute Gasteiger partial charge is 0.494 e. The Morgan fingerprint density at radius 2 is 0.714 bits per heavy atom. The van der Waals surface area contributed by atoms with Crippen molar-refractivity contribution in [1.82, 2.24) is 0 Å². The summed E-state index contributed by atoms with van der Waals surface area (Å²) in [5.41, 5.74) is 4.53. The zero-order valence-electron chi connectivity index (χ0n) is 22.5. The lowest BCUT2D eigenvalue weighted by Crippen LogP contribution is -2.67. The van der Waals surface area contributed by atoms with E-state index >= 15 is 0 Å². The topological polar surface area (TPSA) is 36.9 Å². The van der Waals surface area contributed by atoms with E-state index in [0.717, 1.165) is 10.9 Å². The Morgan fingerprint density at radius 3 is 0.971 bits per heavy atom. The normalized spacial score (nSPS) is 33.4. The Hall–Kier alpha value is -1.59. The van der Waals surface area contributed by atoms with Gasteiger partial charge >= 0.3 is 14.2 Å². The molecule has 0 atom stereocenters. The fourth-order valence-electron chi connectivity index (χ4n) is 6.35. The summed E-state index contributed by atoms with van der Waals surface area (Å²) in [5, 5.41) is 0. The lowest BCUT2D eigenvalue weighted by atomic mass is 9.32. The second-order valence-electron chi connectivity index (χ2n) is 13.5. The minimum Gasteiger partial charge on any atom is -0.399 e. The summed E-state index contributed by atoms with van der Waals surface area (Å²) in [6.07, 6.45) is 3.68. The van der Waals surface area contributed by atoms with Crippen LogP contribution in [0.25, 0.3) is 0 Å². The zero-order valence-corrected chi connectivity index (χ0v) is 22.5. The van der Waals surface area contributed by atoms with E-state index < -0.39 is 0 Å². The van der Waals surface area contributed by atoms with Crippen molar-refractivity contribution in [3.8, 4) is 0 Å². The first kappa shape index (κ1) is 23.8. The second-order valence-corrected chi connectivity index (χ2v) is 13.5. The Kier molecular flexibility index (Phi) is 4.78. The SMILES string of the molecule is CC1(C)OB(c2ccc(C34CC(c5ccc(B6OC(C)(C)C(C)(C)O6)cc5)(C3)C4)cc2)OC1(C)C. The third-order valence-electron chi connectivity index (χ3n) is 10.1. The van der Waals surface area contributed by atoms with E-state index in [4.69, 9.17) is 18.6 Å². The van der Waals surface area contributed by atoms with Crippen LogP contribution in [0.2, 0.25) is 0 Å². The van der Waals surface area contributed by atoms with Crippen LogP contribution in [0.5, 0.6) is 0 Å². The summed E-state index contributed by atoms with van der Waals surface area (Å²) in [7, 11) is -0.591. The van der Waals surface area contributed by atoms with Crippen LogP contribution >= 0.6 is 0 Å². The highest BCUT2D eigenvalue weighted by atomic mass is 16.7. The molecule has 4 nitrogen and oxygen atoms in total. The van der Waals surface area contributed by atoms with Crippen molar-refractivity contribution in [3.05, 3.63) is 59.7 Å². The second kappa shape index (κ2) is 7.04. The molecule has 184 valence electrons. The third kappa shape index (κ3) is 3.36. The van der Waals surface area contributed by atoms with Crippen LogP contribution in [-0.4, -0.2) is 36.6 Å². The van der Waals surface area contributed by atoms with Crippen LogP contribution in [0, 0.1) is 0 Å². The Bertz CT molecular complexity index is 1010. The van der Waals surface area contributed by atoms with Gasteiger partial charge in [-0.2, -0.15) is 0 Å². The molecule has 3 aliphatic carbocycles. The molecule has 6 heteroatoms. The van der Waals surface area contributed by atoms with Crippen molar-refractivity contribution in [2.75, 3.05) is 0 Å². The van der Waals surface area contributed by atoms with E-state index in [1.165, 1.54) is 30.4 Å². The first-order valence-corrected chi connectivity index (χ1v) is 13.1. The predicted octanol–water partition coefficient (Wildman–Crippen LogP) is 4.66. The molecule has 0 amide bonds. The van der Waals surface area contributed by atoms with E-state index in [0.29, 0.717) is 10.8 Å². The highest BCUT2D eigenvalue weighted by Crippen LogP contribution is 2.73. The van der Waals surface area contributed by atoms with Gasteiger partial charge in [-0.1, -0.05) is 48.5 Å². The lowest BCUT2D eigenvalue weighted by Gasteiger charge is -2.71. The van der Waals surface area contributed by atoms with Crippen LogP contribution in [0.1, 0.15) is 85.8 Å². The van der Waals surface area contributed by atoms with Crippen molar-refractivity contribution >= 4 is 25.2 Å². The van der Waals surface area contributed by atoms with Gasteiger partial charge in [-0.15, -0.1) is 0 Å². The maximum Gasteiger partial charge on any atom is 0.494 e. The standard InChI is InChI=1S/C29H38B2O4/c1-24(2)25(3,4)33-30(32-24)22-13-9-20(10-14-22)28-17-29(18-28,19-28)21-11-15-23(16-12-21)31-34-26(5,6)27(7,8)35-31/h9-16H,17-19H2,1-8H3. The van der Waals surface area contributed by atoms with Gasteiger partial charge in [-0.05, 0) is 108 Å². The van der Waals surface area contributed by atoms with Gasteiger partial charge in [-0.25, -0.2) is 0 Å². The van der Waals surface area contributed by atoms with Crippen molar-refractivity contribution in [2.45, 2.75) is 108 Å². The van der Waals surface area contributed by atoms with Gasteiger partial charge < -0.3 is 18.6 Å². The molecule has 5 aliphatic rings. The molecule has 2 aliphatic heterocycles. The average molecular weight is 472 g/mol. The van der Waals surface area contributed by atoms with Crippen molar-refractivity contribution in [1.29, 1.82) is 0 Å². The maximum absolute atomic E-state index is 6.23. The van der Waals surface area contributed by atoms with Crippen molar-refractivity contribution in [3.63, 3.8) is 0 Å². The monoisotopic (exact) mass is 472 g/mol. The lowest BCUT2D eigenvalue weighted by molar-refractivity contribution is -0.0692. The van der Waals surface area contributed by atoms with Crippen LogP contribution in [0.4, 0.5) is 0 Å². The molecule has 2 saturated heterocycles. The van der Waals surface area contributed by atoms with Crippen LogP contribution in [0.3, 0.4) is 0 Å². The first-order valence-electron chi connectivity index (χ1n) is 13.1. The van der Waals surface area contributed by atoms with Gasteiger partial charge in [0.15, 0.2) is 0 Å². The summed E-state index contributed by atoms with van der Waals surface area (Å²) in [6.45, 7) is 16.8. The number of benzene rings is 2. The molecule has 0 radical (unpaired) electrons. The highest BCUT2D eigenvalue weighted by Gasteiger charge is 2.68. The molecule has 2 aromatic carbocycles. The number of hydrogen-bond donors (Lipinski definition) is 0. The summed E-state index contributed by atoms with van der Waals surface area (Å²) in [6, 6.07) is 18.0. The molecule has 3 saturated carbocycles. The predicted molar refractivity (Wildman–Crippen MR) is 142 cm³/mol. The van der Waals surface area contributed by atoms with Crippen molar-refractivity contribution < 1.29 is 18.6 Å². The molecule has 35 heavy (non-hydrogen) atoms. The van der Waals surface area contributed by atoms with E-state index in [2.05, 4.69) is 104 Å². The van der Waals surface area contributed by atoms with Gasteiger partial charge in [0.05, 0.1) is 22.4 Å². The molecule has 0 spiro atoms. The third-order valence-corrected chi connectivity index (χ3v) is 10.1. The fraction of sp³-hybridized carbons (Fsp3) is 0.586. The quantitative estimate of drug-likeness (QED) is 0.607. The van der Waals surface area contributed by atoms with Crippen LogP contribution in [0.15, 0.2) is 48.5 Å². The summed E-state index contributed by atoms with van der Waals surface area (Å²) in [4.78, 5) is 0. The average Bonchev–Trinajstić information content (AvgIpc) is 3.06. The molecule has 0 unspecified atom stereocenters. The Morgan fingerprint density at radius 1 is 0.457 bits per heavy atom. The molecule has 0 aromatic heterocycles. The van der Waals surface area contributed by atoms with Gasteiger partial charge in [-0.3, -0.25) is 0 Å². The van der Waals surface area contributed by atoms with Gasteiger partial charge in [0, 0.05) is 0 Å². The van der Waals surface area contributed by atoms with E-state index in [1.54, 1.807) is 0 Å². The van der Waals surface area contributed by atoms with E-state index in [9.17, 15) is 0 Å². The van der Waals surface area contributed by atoms with Crippen molar-refractivity contribution in [2.24, 2.45) is 0 Å². The minimum atomic E-state index is -0.311. The number of hydrogen-bond acceptors (Lipinski definition) is 4. The minimum absolute atomic E-state index is 0.295. The molecule has 2 aromatic rings.